The van der Waals surface area contributed by atoms with Crippen molar-refractivity contribution in [1.82, 2.24) is 14.8 Å². The van der Waals surface area contributed by atoms with Gasteiger partial charge in [-0.3, -0.25) is 4.68 Å². The fourth-order valence-corrected chi connectivity index (χ4v) is 2.09. The Bertz CT molecular complexity index is 545. The number of ether oxygens (including phenoxy) is 1. The molecule has 4 heteroatoms. The molecule has 0 saturated carbocycles. The van der Waals surface area contributed by atoms with Gasteiger partial charge in [0.1, 0.15) is 0 Å². The molecular formula is C12H13N3O. The van der Waals surface area contributed by atoms with Crippen LogP contribution in [0.1, 0.15) is 11.3 Å². The van der Waals surface area contributed by atoms with Crippen molar-refractivity contribution in [2.45, 2.75) is 13.3 Å². The molecule has 0 spiro atoms. The molecule has 16 heavy (non-hydrogen) atoms. The lowest BCUT2D eigenvalue weighted by atomic mass is 10.1. The summed E-state index contributed by atoms with van der Waals surface area (Å²) in [5.41, 5.74) is 4.49. The highest BCUT2D eigenvalue weighted by atomic mass is 16.5. The molecule has 0 aromatic carbocycles. The molecule has 2 aromatic rings. The maximum atomic E-state index is 5.39. The Labute approximate surface area is 93.9 Å². The van der Waals surface area contributed by atoms with Gasteiger partial charge in [0.05, 0.1) is 12.3 Å². The van der Waals surface area contributed by atoms with Gasteiger partial charge in [0.2, 0.25) is 5.88 Å². The van der Waals surface area contributed by atoms with Crippen LogP contribution in [0.25, 0.3) is 11.1 Å². The average Bonchev–Trinajstić information content (AvgIpc) is 2.83. The predicted octanol–water partition coefficient (Wildman–Crippen LogP) is 1.73. The van der Waals surface area contributed by atoms with Crippen molar-refractivity contribution in [3.8, 4) is 17.0 Å². The van der Waals surface area contributed by atoms with Crippen molar-refractivity contribution in [3.63, 3.8) is 0 Å². The highest BCUT2D eigenvalue weighted by Crippen LogP contribution is 2.28. The number of hydrogen-bond acceptors (Lipinski definition) is 3. The van der Waals surface area contributed by atoms with Crippen molar-refractivity contribution in [2.75, 3.05) is 6.61 Å². The van der Waals surface area contributed by atoms with E-state index in [0.717, 1.165) is 35.7 Å². The quantitative estimate of drug-likeness (QED) is 0.727. The van der Waals surface area contributed by atoms with E-state index in [2.05, 4.69) is 16.1 Å². The largest absolute Gasteiger partial charge is 0.477 e. The van der Waals surface area contributed by atoms with Gasteiger partial charge in [-0.1, -0.05) is 0 Å². The zero-order valence-electron chi connectivity index (χ0n) is 9.40. The lowest BCUT2D eigenvalue weighted by molar-refractivity contribution is 0.345. The summed E-state index contributed by atoms with van der Waals surface area (Å²) < 4.78 is 7.22. The molecule has 2 aromatic heterocycles. The third-order valence-electron chi connectivity index (χ3n) is 2.86. The summed E-state index contributed by atoms with van der Waals surface area (Å²) in [7, 11) is 1.93. The fraction of sp³-hybridized carbons (Fsp3) is 0.333. The number of aryl methyl sites for hydroxylation is 2. The highest BCUT2D eigenvalue weighted by Gasteiger charge is 2.15. The first kappa shape index (κ1) is 9.39. The zero-order chi connectivity index (χ0) is 11.1. The monoisotopic (exact) mass is 215 g/mol. The Balaban J connectivity index is 2.10. The first-order valence-corrected chi connectivity index (χ1v) is 5.36. The van der Waals surface area contributed by atoms with Gasteiger partial charge in [0.25, 0.3) is 0 Å². The van der Waals surface area contributed by atoms with E-state index in [1.807, 2.05) is 31.0 Å². The first-order valence-electron chi connectivity index (χ1n) is 5.36. The Morgan fingerprint density at radius 3 is 3.06 bits per heavy atom. The third-order valence-corrected chi connectivity index (χ3v) is 2.86. The van der Waals surface area contributed by atoms with Crippen molar-refractivity contribution >= 4 is 0 Å². The van der Waals surface area contributed by atoms with Crippen LogP contribution in [-0.2, 0) is 13.5 Å². The van der Waals surface area contributed by atoms with Crippen LogP contribution in [0.3, 0.4) is 0 Å². The van der Waals surface area contributed by atoms with Gasteiger partial charge in [-0.15, -0.1) is 0 Å². The minimum Gasteiger partial charge on any atom is -0.477 e. The molecule has 0 unspecified atom stereocenters. The average molecular weight is 215 g/mol. The Morgan fingerprint density at radius 1 is 1.44 bits per heavy atom. The maximum absolute atomic E-state index is 5.39. The van der Waals surface area contributed by atoms with E-state index in [1.165, 1.54) is 5.56 Å². The summed E-state index contributed by atoms with van der Waals surface area (Å²) in [6.07, 6.45) is 4.83. The molecule has 0 atom stereocenters. The van der Waals surface area contributed by atoms with Crippen LogP contribution in [0.4, 0.5) is 0 Å². The molecule has 4 nitrogen and oxygen atoms in total. The molecule has 1 aliphatic heterocycles. The van der Waals surface area contributed by atoms with Gasteiger partial charge in [0.15, 0.2) is 0 Å². The Morgan fingerprint density at radius 2 is 2.31 bits per heavy atom. The number of nitrogens with zero attached hydrogens (tertiary/aromatic N) is 3. The second-order valence-electron chi connectivity index (χ2n) is 4.09. The summed E-state index contributed by atoms with van der Waals surface area (Å²) in [6, 6.07) is 2.15. The van der Waals surface area contributed by atoms with Gasteiger partial charge in [0, 0.05) is 42.6 Å². The van der Waals surface area contributed by atoms with E-state index < -0.39 is 0 Å². The molecule has 3 heterocycles. The molecular weight excluding hydrogens is 202 g/mol. The van der Waals surface area contributed by atoms with Gasteiger partial charge in [-0.05, 0) is 13.0 Å². The van der Waals surface area contributed by atoms with E-state index in [9.17, 15) is 0 Å². The van der Waals surface area contributed by atoms with E-state index in [0.29, 0.717) is 0 Å². The second kappa shape index (κ2) is 3.33. The number of fused-ring (bicyclic) bond motifs is 1. The molecule has 0 radical (unpaired) electrons. The Hall–Kier alpha value is -1.84. The van der Waals surface area contributed by atoms with Crippen molar-refractivity contribution in [3.05, 3.63) is 29.7 Å². The number of aromatic nitrogens is 3. The smallest absolute Gasteiger partial charge is 0.216 e. The van der Waals surface area contributed by atoms with Gasteiger partial charge in [-0.25, -0.2) is 4.98 Å². The van der Waals surface area contributed by atoms with Crippen molar-refractivity contribution in [2.24, 2.45) is 7.05 Å². The molecule has 0 amide bonds. The standard InChI is InChI=1S/C12H13N3O/c1-8-11(7-15(2)14-8)10-5-9-3-4-16-12(9)13-6-10/h5-7H,3-4H2,1-2H3. The van der Waals surface area contributed by atoms with Crippen molar-refractivity contribution in [1.29, 1.82) is 0 Å². The molecule has 0 fully saturated rings. The predicted molar refractivity (Wildman–Crippen MR) is 60.4 cm³/mol. The van der Waals surface area contributed by atoms with E-state index in [1.54, 1.807) is 0 Å². The van der Waals surface area contributed by atoms with Crippen LogP contribution < -0.4 is 4.74 Å². The summed E-state index contributed by atoms with van der Waals surface area (Å²) in [5, 5.41) is 4.34. The number of hydrogen-bond donors (Lipinski definition) is 0. The minimum absolute atomic E-state index is 0.748. The van der Waals surface area contributed by atoms with Gasteiger partial charge in [-0.2, -0.15) is 5.10 Å². The SMILES string of the molecule is Cc1nn(C)cc1-c1cnc2c(c1)CCO2. The van der Waals surface area contributed by atoms with Gasteiger partial charge >= 0.3 is 0 Å². The third kappa shape index (κ3) is 1.38. The van der Waals surface area contributed by atoms with Crippen LogP contribution >= 0.6 is 0 Å². The fourth-order valence-electron chi connectivity index (χ4n) is 2.09. The summed E-state index contributed by atoms with van der Waals surface area (Å²) >= 11 is 0. The van der Waals surface area contributed by atoms with Crippen LogP contribution in [0, 0.1) is 6.92 Å². The lowest BCUT2D eigenvalue weighted by Gasteiger charge is -2.01. The van der Waals surface area contributed by atoms with Crippen LogP contribution in [0.2, 0.25) is 0 Å². The molecule has 0 aliphatic carbocycles. The van der Waals surface area contributed by atoms with E-state index in [-0.39, 0.29) is 0 Å². The molecule has 0 bridgehead atoms. The Kier molecular flexibility index (Phi) is 1.96. The second-order valence-corrected chi connectivity index (χ2v) is 4.09. The minimum atomic E-state index is 0.748. The maximum Gasteiger partial charge on any atom is 0.216 e. The zero-order valence-corrected chi connectivity index (χ0v) is 9.40. The summed E-state index contributed by atoms with van der Waals surface area (Å²) in [4.78, 5) is 4.33. The molecule has 1 aliphatic rings. The molecule has 0 saturated heterocycles. The highest BCUT2D eigenvalue weighted by molar-refractivity contribution is 5.65. The first-order chi connectivity index (χ1) is 7.74. The van der Waals surface area contributed by atoms with Crippen LogP contribution in [0.5, 0.6) is 5.88 Å². The summed E-state index contributed by atoms with van der Waals surface area (Å²) in [5.74, 6) is 0.783. The van der Waals surface area contributed by atoms with E-state index in [4.69, 9.17) is 4.74 Å². The van der Waals surface area contributed by atoms with Crippen LogP contribution in [0.15, 0.2) is 18.5 Å². The van der Waals surface area contributed by atoms with E-state index >= 15 is 0 Å². The lowest BCUT2D eigenvalue weighted by Crippen LogP contribution is -1.87. The summed E-state index contributed by atoms with van der Waals surface area (Å²) in [6.45, 7) is 2.76. The molecule has 3 rings (SSSR count). The normalized spacial score (nSPS) is 13.6. The molecule has 82 valence electrons. The van der Waals surface area contributed by atoms with Crippen molar-refractivity contribution < 1.29 is 4.74 Å². The van der Waals surface area contributed by atoms with Crippen LogP contribution in [-0.4, -0.2) is 21.4 Å². The number of pyridine rings is 1. The topological polar surface area (TPSA) is 39.9 Å². The molecule has 0 N–H and O–H groups in total. The number of rotatable bonds is 1. The van der Waals surface area contributed by atoms with Gasteiger partial charge < -0.3 is 4.74 Å².